The van der Waals surface area contributed by atoms with Gasteiger partial charge < -0.3 is 9.84 Å². The van der Waals surface area contributed by atoms with E-state index in [0.717, 1.165) is 6.29 Å². The number of hydrogen-bond acceptors (Lipinski definition) is 4. The molecular formula is C18H18FNO4. The van der Waals surface area contributed by atoms with Crippen LogP contribution in [-0.4, -0.2) is 37.7 Å². The number of aliphatic hydroxyl groups is 1. The first-order valence-electron chi connectivity index (χ1n) is 7.42. The Morgan fingerprint density at radius 3 is 2.50 bits per heavy atom. The van der Waals surface area contributed by atoms with Gasteiger partial charge in [-0.15, -0.1) is 0 Å². The Morgan fingerprint density at radius 2 is 1.96 bits per heavy atom. The van der Waals surface area contributed by atoms with Crippen molar-refractivity contribution in [3.63, 3.8) is 0 Å². The molecule has 0 heterocycles. The molecule has 1 N–H and O–H groups in total. The van der Waals surface area contributed by atoms with Crippen molar-refractivity contribution in [2.45, 2.75) is 6.42 Å². The van der Waals surface area contributed by atoms with Gasteiger partial charge in [0.05, 0.1) is 7.11 Å². The molecule has 5 nitrogen and oxygen atoms in total. The van der Waals surface area contributed by atoms with Crippen LogP contribution in [-0.2, 0) is 4.74 Å². The number of carbonyl (C=O) groups excluding carboxylic acids is 2. The fourth-order valence-corrected chi connectivity index (χ4v) is 2.31. The summed E-state index contributed by atoms with van der Waals surface area (Å²) in [5.74, 6) is -0.496. The molecule has 0 aromatic heterocycles. The van der Waals surface area contributed by atoms with E-state index in [1.807, 2.05) is 0 Å². The minimum absolute atomic E-state index is 0.0862. The molecule has 0 bridgehead atoms. The lowest BCUT2D eigenvalue weighted by molar-refractivity contribution is 0.112. The van der Waals surface area contributed by atoms with Crippen molar-refractivity contribution in [2.24, 2.45) is 0 Å². The van der Waals surface area contributed by atoms with Crippen LogP contribution in [0.5, 0.6) is 0 Å². The van der Waals surface area contributed by atoms with Gasteiger partial charge in [-0.25, -0.2) is 9.18 Å². The molecule has 0 saturated heterocycles. The Morgan fingerprint density at radius 1 is 1.25 bits per heavy atom. The molecule has 2 aromatic carbocycles. The van der Waals surface area contributed by atoms with Gasteiger partial charge in [0, 0.05) is 30.0 Å². The van der Waals surface area contributed by atoms with Crippen molar-refractivity contribution in [3.8, 4) is 11.1 Å². The molecule has 0 aliphatic heterocycles. The second-order valence-corrected chi connectivity index (χ2v) is 5.10. The Balaban J connectivity index is 2.32. The van der Waals surface area contributed by atoms with E-state index in [0.29, 0.717) is 28.8 Å². The van der Waals surface area contributed by atoms with Gasteiger partial charge >= 0.3 is 6.09 Å². The van der Waals surface area contributed by atoms with Crippen LogP contribution in [0, 0.1) is 5.82 Å². The summed E-state index contributed by atoms with van der Waals surface area (Å²) in [6.45, 7) is 0.132. The lowest BCUT2D eigenvalue weighted by Crippen LogP contribution is -2.32. The summed E-state index contributed by atoms with van der Waals surface area (Å²) in [6, 6.07) is 11.0. The van der Waals surface area contributed by atoms with Crippen molar-refractivity contribution in [3.05, 3.63) is 53.8 Å². The minimum Gasteiger partial charge on any atom is -0.452 e. The summed E-state index contributed by atoms with van der Waals surface area (Å²) in [5.41, 5.74) is 1.85. The number of aldehydes is 1. The summed E-state index contributed by atoms with van der Waals surface area (Å²) in [4.78, 5) is 23.8. The van der Waals surface area contributed by atoms with Crippen LogP contribution in [0.4, 0.5) is 14.9 Å². The van der Waals surface area contributed by atoms with Gasteiger partial charge in [-0.2, -0.15) is 0 Å². The van der Waals surface area contributed by atoms with Crippen LogP contribution < -0.4 is 4.90 Å². The largest absolute Gasteiger partial charge is 0.452 e. The summed E-state index contributed by atoms with van der Waals surface area (Å²) in [6.07, 6.45) is 0.454. The first-order chi connectivity index (χ1) is 11.6. The van der Waals surface area contributed by atoms with Gasteiger partial charge in [-0.05, 0) is 30.2 Å². The second-order valence-electron chi connectivity index (χ2n) is 5.10. The van der Waals surface area contributed by atoms with Gasteiger partial charge in [0.1, 0.15) is 12.1 Å². The van der Waals surface area contributed by atoms with Crippen LogP contribution in [0.25, 0.3) is 11.1 Å². The van der Waals surface area contributed by atoms with Crippen molar-refractivity contribution < 1.29 is 23.8 Å². The molecule has 0 saturated carbocycles. The average molecular weight is 331 g/mol. The zero-order valence-corrected chi connectivity index (χ0v) is 13.2. The highest BCUT2D eigenvalue weighted by Gasteiger charge is 2.17. The van der Waals surface area contributed by atoms with Gasteiger partial charge in [-0.3, -0.25) is 9.69 Å². The first kappa shape index (κ1) is 17.6. The standard InChI is InChI=1S/C18H18FNO4/c1-24-18(23)20(9-2-10-21)15-7-8-16(17(19)11-15)14-5-3-13(12-22)4-6-14/h3-8,11-12,21H,2,9-10H2,1H3. The lowest BCUT2D eigenvalue weighted by atomic mass is 10.0. The molecular weight excluding hydrogens is 313 g/mol. The number of methoxy groups -OCH3 is 1. The molecule has 2 aromatic rings. The highest BCUT2D eigenvalue weighted by atomic mass is 19.1. The van der Waals surface area contributed by atoms with Crippen molar-refractivity contribution in [1.82, 2.24) is 0 Å². The molecule has 1 amide bonds. The predicted octanol–water partition coefficient (Wildman–Crippen LogP) is 3.26. The fraction of sp³-hybridized carbons (Fsp3) is 0.222. The van der Waals surface area contributed by atoms with Crippen LogP contribution >= 0.6 is 0 Å². The zero-order chi connectivity index (χ0) is 17.5. The monoisotopic (exact) mass is 331 g/mol. The fourth-order valence-electron chi connectivity index (χ4n) is 2.31. The average Bonchev–Trinajstić information content (AvgIpc) is 2.62. The second kappa shape index (κ2) is 8.21. The minimum atomic E-state index is -0.620. The molecule has 0 aliphatic carbocycles. The van der Waals surface area contributed by atoms with E-state index in [1.54, 1.807) is 36.4 Å². The smallest absolute Gasteiger partial charge is 0.413 e. The molecule has 126 valence electrons. The van der Waals surface area contributed by atoms with E-state index in [9.17, 15) is 14.0 Å². The van der Waals surface area contributed by atoms with Crippen LogP contribution in [0.1, 0.15) is 16.8 Å². The molecule has 0 spiro atoms. The van der Waals surface area contributed by atoms with E-state index >= 15 is 0 Å². The molecule has 2 rings (SSSR count). The Labute approximate surface area is 139 Å². The number of anilines is 1. The van der Waals surface area contributed by atoms with Gasteiger partial charge in [-0.1, -0.05) is 24.3 Å². The van der Waals surface area contributed by atoms with Gasteiger partial charge in [0.25, 0.3) is 0 Å². The summed E-state index contributed by atoms with van der Waals surface area (Å²) in [7, 11) is 1.24. The van der Waals surface area contributed by atoms with Crippen LogP contribution in [0.3, 0.4) is 0 Å². The first-order valence-corrected chi connectivity index (χ1v) is 7.42. The van der Waals surface area contributed by atoms with Crippen molar-refractivity contribution in [1.29, 1.82) is 0 Å². The van der Waals surface area contributed by atoms with Gasteiger partial charge in [0.2, 0.25) is 0 Å². The number of halogens is 1. The van der Waals surface area contributed by atoms with E-state index in [2.05, 4.69) is 0 Å². The third kappa shape index (κ3) is 3.97. The number of aliphatic hydroxyl groups excluding tert-OH is 1. The topological polar surface area (TPSA) is 66.8 Å². The Bertz CT molecular complexity index is 715. The maximum atomic E-state index is 14.5. The third-order valence-electron chi connectivity index (χ3n) is 3.56. The summed E-state index contributed by atoms with van der Waals surface area (Å²) >= 11 is 0. The Kier molecular flexibility index (Phi) is 6.03. The van der Waals surface area contributed by atoms with E-state index in [1.165, 1.54) is 18.1 Å². The normalized spacial score (nSPS) is 10.3. The number of amides is 1. The highest BCUT2D eigenvalue weighted by Crippen LogP contribution is 2.27. The van der Waals surface area contributed by atoms with Crippen LogP contribution in [0.15, 0.2) is 42.5 Å². The molecule has 0 fully saturated rings. The number of carbonyl (C=O) groups is 2. The SMILES string of the molecule is COC(=O)N(CCCO)c1ccc(-c2ccc(C=O)cc2)c(F)c1. The molecule has 0 aliphatic rings. The van der Waals surface area contributed by atoms with Gasteiger partial charge in [0.15, 0.2) is 0 Å². The van der Waals surface area contributed by atoms with E-state index < -0.39 is 11.9 Å². The van der Waals surface area contributed by atoms with Crippen molar-refractivity contribution in [2.75, 3.05) is 25.2 Å². The number of nitrogens with zero attached hydrogens (tertiary/aromatic N) is 1. The maximum Gasteiger partial charge on any atom is 0.413 e. The quantitative estimate of drug-likeness (QED) is 0.825. The maximum absolute atomic E-state index is 14.5. The number of benzene rings is 2. The Hall–Kier alpha value is -2.73. The van der Waals surface area contributed by atoms with Crippen molar-refractivity contribution >= 4 is 18.1 Å². The molecule has 0 atom stereocenters. The van der Waals surface area contributed by atoms with Crippen LogP contribution in [0.2, 0.25) is 0 Å². The van der Waals surface area contributed by atoms with E-state index in [-0.39, 0.29) is 13.2 Å². The summed E-state index contributed by atoms with van der Waals surface area (Å²) < 4.78 is 19.2. The molecule has 24 heavy (non-hydrogen) atoms. The van der Waals surface area contributed by atoms with E-state index in [4.69, 9.17) is 9.84 Å². The zero-order valence-electron chi connectivity index (χ0n) is 13.2. The molecule has 0 radical (unpaired) electrons. The predicted molar refractivity (Wildman–Crippen MR) is 88.7 cm³/mol. The lowest BCUT2D eigenvalue weighted by Gasteiger charge is -2.21. The number of hydrogen-bond donors (Lipinski definition) is 1. The summed E-state index contributed by atoms with van der Waals surface area (Å²) in [5, 5.41) is 8.93. The number of rotatable bonds is 6. The third-order valence-corrected chi connectivity index (χ3v) is 3.56. The molecule has 0 unspecified atom stereocenters. The highest BCUT2D eigenvalue weighted by molar-refractivity contribution is 5.88. The number of ether oxygens (including phenoxy) is 1. The molecule has 6 heteroatoms.